The van der Waals surface area contributed by atoms with Crippen molar-refractivity contribution >= 4 is 42.8 Å². The molecule has 0 bridgehead atoms. The Balaban J connectivity index is 2.43. The first-order valence-corrected chi connectivity index (χ1v) is 7.60. The van der Waals surface area contributed by atoms with E-state index in [0.29, 0.717) is 16.7 Å². The van der Waals surface area contributed by atoms with E-state index in [1.807, 2.05) is 43.3 Å². The Hall–Kier alpha value is -1.46. The molecule has 20 heavy (non-hydrogen) atoms. The van der Waals surface area contributed by atoms with Gasteiger partial charge in [0.15, 0.2) is 0 Å². The molecular weight excluding hydrogens is 384 g/mol. The first kappa shape index (κ1) is 13.5. The standard InChI is InChI=1S/C15H10Br2N2O/c1-9-18-13-7-6-10(16)8-11(13)15(20)19(9)14-5-3-2-4-12(14)17/h2-8H,1H3. The molecular formula is C15H10Br2N2O. The zero-order valence-corrected chi connectivity index (χ0v) is 13.8. The number of halogens is 2. The van der Waals surface area contributed by atoms with Crippen molar-refractivity contribution in [2.45, 2.75) is 6.92 Å². The van der Waals surface area contributed by atoms with Gasteiger partial charge in [-0.2, -0.15) is 0 Å². The van der Waals surface area contributed by atoms with E-state index in [1.165, 1.54) is 0 Å². The van der Waals surface area contributed by atoms with Gasteiger partial charge in [-0.05, 0) is 53.2 Å². The normalized spacial score (nSPS) is 10.9. The van der Waals surface area contributed by atoms with E-state index in [2.05, 4.69) is 36.8 Å². The molecule has 0 aliphatic carbocycles. The quantitative estimate of drug-likeness (QED) is 0.620. The van der Waals surface area contributed by atoms with E-state index in [-0.39, 0.29) is 5.56 Å². The lowest BCUT2D eigenvalue weighted by Gasteiger charge is -2.12. The Morgan fingerprint density at radius 2 is 1.85 bits per heavy atom. The third kappa shape index (κ3) is 2.21. The van der Waals surface area contributed by atoms with Crippen molar-refractivity contribution in [1.82, 2.24) is 9.55 Å². The molecule has 0 atom stereocenters. The SMILES string of the molecule is Cc1nc2ccc(Br)cc2c(=O)n1-c1ccccc1Br. The van der Waals surface area contributed by atoms with Gasteiger partial charge < -0.3 is 0 Å². The van der Waals surface area contributed by atoms with Gasteiger partial charge in [-0.1, -0.05) is 28.1 Å². The van der Waals surface area contributed by atoms with Crippen molar-refractivity contribution in [1.29, 1.82) is 0 Å². The minimum atomic E-state index is -0.0688. The highest BCUT2D eigenvalue weighted by atomic mass is 79.9. The summed E-state index contributed by atoms with van der Waals surface area (Å²) in [7, 11) is 0. The zero-order valence-electron chi connectivity index (χ0n) is 10.6. The largest absolute Gasteiger partial charge is 0.268 e. The Morgan fingerprint density at radius 3 is 2.60 bits per heavy atom. The Bertz CT molecular complexity index is 871. The predicted octanol–water partition coefficient (Wildman–Crippen LogP) is 4.22. The fourth-order valence-electron chi connectivity index (χ4n) is 2.19. The summed E-state index contributed by atoms with van der Waals surface area (Å²) in [6.45, 7) is 1.84. The lowest BCUT2D eigenvalue weighted by molar-refractivity contribution is 0.891. The molecule has 3 aromatic rings. The molecule has 2 aromatic carbocycles. The summed E-state index contributed by atoms with van der Waals surface area (Å²) >= 11 is 6.88. The molecule has 3 nitrogen and oxygen atoms in total. The van der Waals surface area contributed by atoms with Crippen molar-refractivity contribution in [2.75, 3.05) is 0 Å². The molecule has 0 amide bonds. The number of aryl methyl sites for hydroxylation is 1. The monoisotopic (exact) mass is 392 g/mol. The molecule has 0 aliphatic rings. The van der Waals surface area contributed by atoms with Gasteiger partial charge in [0.1, 0.15) is 5.82 Å². The molecule has 0 N–H and O–H groups in total. The molecule has 0 saturated heterocycles. The molecule has 0 saturated carbocycles. The summed E-state index contributed by atoms with van der Waals surface area (Å²) in [5.74, 6) is 0.664. The van der Waals surface area contributed by atoms with Crippen molar-refractivity contribution in [3.05, 3.63) is 67.6 Å². The highest BCUT2D eigenvalue weighted by Crippen LogP contribution is 2.22. The van der Waals surface area contributed by atoms with Crippen LogP contribution < -0.4 is 5.56 Å². The topological polar surface area (TPSA) is 34.9 Å². The first-order chi connectivity index (χ1) is 9.58. The number of aromatic nitrogens is 2. The Morgan fingerprint density at radius 1 is 1.10 bits per heavy atom. The highest BCUT2D eigenvalue weighted by Gasteiger charge is 2.11. The van der Waals surface area contributed by atoms with Gasteiger partial charge in [-0.25, -0.2) is 4.98 Å². The van der Waals surface area contributed by atoms with E-state index in [0.717, 1.165) is 14.6 Å². The maximum Gasteiger partial charge on any atom is 0.266 e. The van der Waals surface area contributed by atoms with Gasteiger partial charge >= 0.3 is 0 Å². The second kappa shape index (κ2) is 5.14. The van der Waals surface area contributed by atoms with Crippen LogP contribution in [0, 0.1) is 6.92 Å². The minimum Gasteiger partial charge on any atom is -0.268 e. The zero-order chi connectivity index (χ0) is 14.3. The summed E-state index contributed by atoms with van der Waals surface area (Å²) in [4.78, 5) is 17.3. The van der Waals surface area contributed by atoms with Crippen molar-refractivity contribution in [3.8, 4) is 5.69 Å². The van der Waals surface area contributed by atoms with Gasteiger partial charge in [-0.15, -0.1) is 0 Å². The van der Waals surface area contributed by atoms with Crippen molar-refractivity contribution in [3.63, 3.8) is 0 Å². The van der Waals surface area contributed by atoms with E-state index in [4.69, 9.17) is 0 Å². The van der Waals surface area contributed by atoms with Crippen molar-refractivity contribution < 1.29 is 0 Å². The number of fused-ring (bicyclic) bond motifs is 1. The van der Waals surface area contributed by atoms with E-state index >= 15 is 0 Å². The van der Waals surface area contributed by atoms with Crippen LogP contribution in [0.4, 0.5) is 0 Å². The van der Waals surface area contributed by atoms with Gasteiger partial charge in [0.2, 0.25) is 0 Å². The Labute approximate surface area is 132 Å². The van der Waals surface area contributed by atoms with Gasteiger partial charge in [0.05, 0.1) is 16.6 Å². The fourth-order valence-corrected chi connectivity index (χ4v) is 3.01. The molecule has 1 aromatic heterocycles. The third-order valence-corrected chi connectivity index (χ3v) is 4.26. The molecule has 0 unspecified atom stereocenters. The minimum absolute atomic E-state index is 0.0688. The molecule has 100 valence electrons. The van der Waals surface area contributed by atoms with Crippen LogP contribution in [0.25, 0.3) is 16.6 Å². The van der Waals surface area contributed by atoms with Crippen LogP contribution in [0.15, 0.2) is 56.2 Å². The number of hydrogen-bond donors (Lipinski definition) is 0. The number of nitrogens with zero attached hydrogens (tertiary/aromatic N) is 2. The predicted molar refractivity (Wildman–Crippen MR) is 87.5 cm³/mol. The Kier molecular flexibility index (Phi) is 3.48. The van der Waals surface area contributed by atoms with Crippen LogP contribution in [-0.2, 0) is 0 Å². The highest BCUT2D eigenvalue weighted by molar-refractivity contribution is 9.10. The van der Waals surface area contributed by atoms with E-state index < -0.39 is 0 Å². The van der Waals surface area contributed by atoms with Gasteiger partial charge in [0, 0.05) is 8.95 Å². The summed E-state index contributed by atoms with van der Waals surface area (Å²) in [6, 6.07) is 13.2. The molecule has 5 heteroatoms. The number of rotatable bonds is 1. The summed E-state index contributed by atoms with van der Waals surface area (Å²) in [6.07, 6.45) is 0. The molecule has 0 fully saturated rings. The molecule has 0 spiro atoms. The maximum absolute atomic E-state index is 12.7. The number of para-hydroxylation sites is 1. The van der Waals surface area contributed by atoms with Crippen LogP contribution in [0.2, 0.25) is 0 Å². The van der Waals surface area contributed by atoms with E-state index in [1.54, 1.807) is 10.6 Å². The molecule has 0 radical (unpaired) electrons. The van der Waals surface area contributed by atoms with Crippen LogP contribution in [0.1, 0.15) is 5.82 Å². The van der Waals surface area contributed by atoms with Crippen molar-refractivity contribution in [2.24, 2.45) is 0 Å². The van der Waals surface area contributed by atoms with Crippen LogP contribution in [-0.4, -0.2) is 9.55 Å². The van der Waals surface area contributed by atoms with E-state index in [9.17, 15) is 4.79 Å². The summed E-state index contributed by atoms with van der Waals surface area (Å²) in [5, 5.41) is 0.598. The number of benzene rings is 2. The second-order valence-corrected chi connectivity index (χ2v) is 6.18. The average molecular weight is 394 g/mol. The first-order valence-electron chi connectivity index (χ1n) is 6.02. The summed E-state index contributed by atoms with van der Waals surface area (Å²) in [5.41, 5.74) is 1.43. The van der Waals surface area contributed by atoms with Crippen LogP contribution in [0.3, 0.4) is 0 Å². The van der Waals surface area contributed by atoms with Gasteiger partial charge in [0.25, 0.3) is 5.56 Å². The molecule has 3 rings (SSSR count). The summed E-state index contributed by atoms with van der Waals surface area (Å²) < 4.78 is 3.35. The maximum atomic E-state index is 12.7. The third-order valence-electron chi connectivity index (χ3n) is 3.09. The van der Waals surface area contributed by atoms with Crippen LogP contribution in [0.5, 0.6) is 0 Å². The lowest BCUT2D eigenvalue weighted by atomic mass is 10.2. The van der Waals surface area contributed by atoms with Gasteiger partial charge in [-0.3, -0.25) is 9.36 Å². The smallest absolute Gasteiger partial charge is 0.266 e. The molecule has 0 aliphatic heterocycles. The fraction of sp³-hybridized carbons (Fsp3) is 0.0667. The lowest BCUT2D eigenvalue weighted by Crippen LogP contribution is -2.22. The second-order valence-electron chi connectivity index (χ2n) is 4.41. The average Bonchev–Trinajstić information content (AvgIpc) is 2.42. The van der Waals surface area contributed by atoms with Crippen LogP contribution >= 0.6 is 31.9 Å². The molecule has 1 heterocycles. The number of hydrogen-bond acceptors (Lipinski definition) is 2.